The van der Waals surface area contributed by atoms with E-state index in [2.05, 4.69) is 20.9 Å². The predicted molar refractivity (Wildman–Crippen MR) is 59.5 cm³/mol. The molecule has 0 fully saturated rings. The van der Waals surface area contributed by atoms with Gasteiger partial charge >= 0.3 is 0 Å². The Morgan fingerprint density at radius 1 is 1.36 bits per heavy atom. The maximum absolute atomic E-state index is 5.47. The first-order valence-corrected chi connectivity index (χ1v) is 6.18. The lowest BCUT2D eigenvalue weighted by molar-refractivity contribution is 0.555. The van der Waals surface area contributed by atoms with Crippen LogP contribution in [0.3, 0.4) is 0 Å². The molecular formula is C10H8BrNOS. The molecule has 0 radical (unpaired) electrons. The van der Waals surface area contributed by atoms with Crippen LogP contribution in [0.4, 0.5) is 0 Å². The van der Waals surface area contributed by atoms with Gasteiger partial charge in [0.25, 0.3) is 0 Å². The van der Waals surface area contributed by atoms with E-state index in [0.29, 0.717) is 0 Å². The molecule has 4 heteroatoms. The van der Waals surface area contributed by atoms with Gasteiger partial charge in [0, 0.05) is 4.88 Å². The molecule has 1 aliphatic rings. The fourth-order valence-corrected chi connectivity index (χ4v) is 3.14. The molecule has 0 atom stereocenters. The van der Waals surface area contributed by atoms with Crippen molar-refractivity contribution in [1.82, 2.24) is 4.98 Å². The van der Waals surface area contributed by atoms with Crippen LogP contribution in [0.1, 0.15) is 17.0 Å². The zero-order chi connectivity index (χ0) is 9.54. The molecule has 14 heavy (non-hydrogen) atoms. The Morgan fingerprint density at radius 3 is 3.00 bits per heavy atom. The summed E-state index contributed by atoms with van der Waals surface area (Å²) in [7, 11) is 0. The summed E-state index contributed by atoms with van der Waals surface area (Å²) in [6.07, 6.45) is 3.58. The van der Waals surface area contributed by atoms with Crippen LogP contribution in [-0.2, 0) is 12.8 Å². The van der Waals surface area contributed by atoms with Crippen molar-refractivity contribution in [3.8, 4) is 10.8 Å². The van der Waals surface area contributed by atoms with E-state index in [0.717, 1.165) is 21.9 Å². The van der Waals surface area contributed by atoms with Gasteiger partial charge in [0.05, 0.1) is 5.69 Å². The van der Waals surface area contributed by atoms with Gasteiger partial charge in [-0.3, -0.25) is 0 Å². The number of thiazole rings is 1. The minimum Gasteiger partial charge on any atom is -0.447 e. The van der Waals surface area contributed by atoms with E-state index in [9.17, 15) is 0 Å². The van der Waals surface area contributed by atoms with Crippen LogP contribution in [-0.4, -0.2) is 4.98 Å². The molecule has 72 valence electrons. The van der Waals surface area contributed by atoms with Crippen molar-refractivity contribution in [2.45, 2.75) is 19.3 Å². The third-order valence-corrected chi connectivity index (χ3v) is 3.98. The Labute approximate surface area is 94.1 Å². The zero-order valence-electron chi connectivity index (χ0n) is 7.42. The molecule has 0 saturated carbocycles. The molecular weight excluding hydrogens is 262 g/mol. The third-order valence-electron chi connectivity index (χ3n) is 2.38. The smallest absolute Gasteiger partial charge is 0.170 e. The zero-order valence-corrected chi connectivity index (χ0v) is 9.82. The van der Waals surface area contributed by atoms with Crippen molar-refractivity contribution in [3.05, 3.63) is 27.4 Å². The molecule has 0 spiro atoms. The van der Waals surface area contributed by atoms with Gasteiger partial charge in [-0.2, -0.15) is 0 Å². The fourth-order valence-electron chi connectivity index (χ4n) is 1.73. The number of hydrogen-bond donors (Lipinski definition) is 0. The molecule has 3 rings (SSSR count). The lowest BCUT2D eigenvalue weighted by atomic mass is 10.4. The lowest BCUT2D eigenvalue weighted by Crippen LogP contribution is -1.78. The highest BCUT2D eigenvalue weighted by Gasteiger charge is 2.18. The predicted octanol–water partition coefficient (Wildman–Crippen LogP) is 3.65. The molecule has 0 bridgehead atoms. The number of halogens is 1. The number of furan rings is 1. The Kier molecular flexibility index (Phi) is 1.99. The van der Waals surface area contributed by atoms with Crippen molar-refractivity contribution in [2.24, 2.45) is 0 Å². The van der Waals surface area contributed by atoms with Crippen molar-refractivity contribution in [1.29, 1.82) is 0 Å². The summed E-state index contributed by atoms with van der Waals surface area (Å²) in [6, 6.07) is 3.86. The third kappa shape index (κ3) is 1.33. The standard InChI is InChI=1S/C10H8BrNOS/c11-9-5-4-7(13-9)10-12-6-2-1-3-8(6)14-10/h4-5H,1-3H2. The first-order chi connectivity index (χ1) is 6.83. The number of hydrogen-bond acceptors (Lipinski definition) is 3. The molecule has 2 aromatic heterocycles. The molecule has 0 amide bonds. The first kappa shape index (κ1) is 8.68. The molecule has 1 aliphatic carbocycles. The highest BCUT2D eigenvalue weighted by atomic mass is 79.9. The van der Waals surface area contributed by atoms with Gasteiger partial charge < -0.3 is 4.42 Å². The molecule has 2 heterocycles. The second-order valence-corrected chi connectivity index (χ2v) is 5.21. The summed E-state index contributed by atoms with van der Waals surface area (Å²) in [4.78, 5) is 6.02. The minimum absolute atomic E-state index is 0.767. The fraction of sp³-hybridized carbons (Fsp3) is 0.300. The Morgan fingerprint density at radius 2 is 2.29 bits per heavy atom. The number of fused-ring (bicyclic) bond motifs is 1. The van der Waals surface area contributed by atoms with E-state index in [1.165, 1.54) is 23.4 Å². The number of rotatable bonds is 1. The van der Waals surface area contributed by atoms with Gasteiger partial charge in [0.2, 0.25) is 0 Å². The molecule has 0 aliphatic heterocycles. The van der Waals surface area contributed by atoms with Crippen LogP contribution >= 0.6 is 27.3 Å². The molecule has 2 nitrogen and oxygen atoms in total. The first-order valence-electron chi connectivity index (χ1n) is 4.57. The Hall–Kier alpha value is -0.610. The van der Waals surface area contributed by atoms with Gasteiger partial charge in [-0.15, -0.1) is 11.3 Å². The summed E-state index contributed by atoms with van der Waals surface area (Å²) in [5, 5.41) is 1.01. The lowest BCUT2D eigenvalue weighted by Gasteiger charge is -1.88. The van der Waals surface area contributed by atoms with E-state index in [4.69, 9.17) is 4.42 Å². The van der Waals surface area contributed by atoms with Crippen LogP contribution < -0.4 is 0 Å². The van der Waals surface area contributed by atoms with Gasteiger partial charge in [-0.1, -0.05) is 0 Å². The average molecular weight is 270 g/mol. The number of nitrogens with zero attached hydrogens (tertiary/aromatic N) is 1. The second-order valence-electron chi connectivity index (χ2n) is 3.35. The van der Waals surface area contributed by atoms with Gasteiger partial charge in [-0.25, -0.2) is 4.98 Å². The van der Waals surface area contributed by atoms with E-state index >= 15 is 0 Å². The minimum atomic E-state index is 0.767. The van der Waals surface area contributed by atoms with Crippen LogP contribution in [0.25, 0.3) is 10.8 Å². The van der Waals surface area contributed by atoms with E-state index < -0.39 is 0 Å². The summed E-state index contributed by atoms with van der Waals surface area (Å²) in [5.74, 6) is 0.872. The maximum atomic E-state index is 5.47. The van der Waals surface area contributed by atoms with Crippen LogP contribution in [0.15, 0.2) is 21.2 Å². The quantitative estimate of drug-likeness (QED) is 0.790. The summed E-state index contributed by atoms with van der Waals surface area (Å²) in [5.41, 5.74) is 1.28. The Bertz CT molecular complexity index is 453. The number of aromatic nitrogens is 1. The van der Waals surface area contributed by atoms with Gasteiger partial charge in [-0.05, 0) is 47.3 Å². The maximum Gasteiger partial charge on any atom is 0.170 e. The normalized spacial score (nSPS) is 14.6. The van der Waals surface area contributed by atoms with Gasteiger partial charge in [0.1, 0.15) is 0 Å². The number of aryl methyl sites for hydroxylation is 2. The topological polar surface area (TPSA) is 26.0 Å². The van der Waals surface area contributed by atoms with Crippen LogP contribution in [0, 0.1) is 0 Å². The molecule has 0 N–H and O–H groups in total. The van der Waals surface area contributed by atoms with Crippen molar-refractivity contribution >= 4 is 27.3 Å². The van der Waals surface area contributed by atoms with Crippen LogP contribution in [0.2, 0.25) is 0 Å². The van der Waals surface area contributed by atoms with E-state index in [-0.39, 0.29) is 0 Å². The van der Waals surface area contributed by atoms with Crippen LogP contribution in [0.5, 0.6) is 0 Å². The van der Waals surface area contributed by atoms with E-state index in [1.54, 1.807) is 11.3 Å². The molecule has 0 unspecified atom stereocenters. The van der Waals surface area contributed by atoms with Crippen molar-refractivity contribution in [2.75, 3.05) is 0 Å². The summed E-state index contributed by atoms with van der Waals surface area (Å²) >= 11 is 5.06. The van der Waals surface area contributed by atoms with E-state index in [1.807, 2.05) is 12.1 Å². The monoisotopic (exact) mass is 269 g/mol. The highest BCUT2D eigenvalue weighted by molar-refractivity contribution is 9.10. The highest BCUT2D eigenvalue weighted by Crippen LogP contribution is 2.34. The van der Waals surface area contributed by atoms with Gasteiger partial charge in [0.15, 0.2) is 15.4 Å². The average Bonchev–Trinajstić information content (AvgIpc) is 2.75. The van der Waals surface area contributed by atoms with Crippen molar-refractivity contribution < 1.29 is 4.42 Å². The largest absolute Gasteiger partial charge is 0.447 e. The van der Waals surface area contributed by atoms with Crippen molar-refractivity contribution in [3.63, 3.8) is 0 Å². The second kappa shape index (κ2) is 3.21. The molecule has 0 aromatic carbocycles. The summed E-state index contributed by atoms with van der Waals surface area (Å²) in [6.45, 7) is 0. The molecule has 0 saturated heterocycles. The molecule has 2 aromatic rings. The summed E-state index contributed by atoms with van der Waals surface area (Å²) < 4.78 is 6.24. The SMILES string of the molecule is Brc1ccc(-c2nc3c(s2)CCC3)o1. The Balaban J connectivity index is 2.05.